The van der Waals surface area contributed by atoms with Gasteiger partial charge in [-0.3, -0.25) is 4.90 Å². The van der Waals surface area contributed by atoms with Crippen LogP contribution in [0.15, 0.2) is 0 Å². The summed E-state index contributed by atoms with van der Waals surface area (Å²) in [5.41, 5.74) is 0. The predicted molar refractivity (Wildman–Crippen MR) is 68.0 cm³/mol. The van der Waals surface area contributed by atoms with Crippen molar-refractivity contribution in [1.82, 2.24) is 15.1 Å². The van der Waals surface area contributed by atoms with Crippen LogP contribution in [0.3, 0.4) is 0 Å². The van der Waals surface area contributed by atoms with E-state index in [2.05, 4.69) is 27.3 Å². The Kier molecular flexibility index (Phi) is 4.12. The highest BCUT2D eigenvalue weighted by Crippen LogP contribution is 2.15. The number of likely N-dealkylation sites (tertiary alicyclic amines) is 1. The van der Waals surface area contributed by atoms with Crippen molar-refractivity contribution in [2.45, 2.75) is 39.2 Å². The highest BCUT2D eigenvalue weighted by atomic mass is 32.1. The van der Waals surface area contributed by atoms with Crippen LogP contribution in [-0.2, 0) is 0 Å². The molecule has 1 aliphatic rings. The highest BCUT2D eigenvalue weighted by Gasteiger charge is 2.16. The van der Waals surface area contributed by atoms with Gasteiger partial charge < -0.3 is 5.32 Å². The van der Waals surface area contributed by atoms with Gasteiger partial charge in [0.05, 0.1) is 0 Å². The molecule has 2 heterocycles. The first-order valence-electron chi connectivity index (χ1n) is 6.04. The SMILES string of the molecule is Cc1nnc(NCC(C)N2CCCCC2)s1. The van der Waals surface area contributed by atoms with Crippen molar-refractivity contribution in [2.24, 2.45) is 0 Å². The smallest absolute Gasteiger partial charge is 0.205 e. The van der Waals surface area contributed by atoms with Crippen molar-refractivity contribution in [3.8, 4) is 0 Å². The summed E-state index contributed by atoms with van der Waals surface area (Å²) in [5, 5.41) is 13.4. The van der Waals surface area contributed by atoms with E-state index in [4.69, 9.17) is 0 Å². The minimum Gasteiger partial charge on any atom is -0.359 e. The Hall–Kier alpha value is -0.680. The number of anilines is 1. The molecule has 16 heavy (non-hydrogen) atoms. The van der Waals surface area contributed by atoms with Crippen molar-refractivity contribution >= 4 is 16.5 Å². The van der Waals surface area contributed by atoms with Crippen LogP contribution in [0.5, 0.6) is 0 Å². The third-order valence-electron chi connectivity index (χ3n) is 3.09. The summed E-state index contributed by atoms with van der Waals surface area (Å²) in [4.78, 5) is 2.56. The van der Waals surface area contributed by atoms with Gasteiger partial charge in [0.1, 0.15) is 5.01 Å². The summed E-state index contributed by atoms with van der Waals surface area (Å²) in [6, 6.07) is 0.588. The Morgan fingerprint density at radius 3 is 2.69 bits per heavy atom. The molecular weight excluding hydrogens is 220 g/mol. The second kappa shape index (κ2) is 5.59. The number of hydrogen-bond acceptors (Lipinski definition) is 5. The lowest BCUT2D eigenvalue weighted by Gasteiger charge is -2.32. The topological polar surface area (TPSA) is 41.1 Å². The van der Waals surface area contributed by atoms with E-state index in [1.54, 1.807) is 11.3 Å². The number of nitrogens with one attached hydrogen (secondary N) is 1. The van der Waals surface area contributed by atoms with Gasteiger partial charge in [-0.25, -0.2) is 0 Å². The average Bonchev–Trinajstić information content (AvgIpc) is 2.73. The lowest BCUT2D eigenvalue weighted by Crippen LogP contribution is -2.41. The molecule has 0 bridgehead atoms. The van der Waals surface area contributed by atoms with E-state index < -0.39 is 0 Å². The van der Waals surface area contributed by atoms with E-state index in [0.717, 1.165) is 16.7 Å². The summed E-state index contributed by atoms with van der Waals surface area (Å²) >= 11 is 1.62. The Balaban J connectivity index is 1.76. The predicted octanol–water partition coefficient (Wildman–Crippen LogP) is 2.13. The monoisotopic (exact) mass is 240 g/mol. The van der Waals surface area contributed by atoms with Crippen LogP contribution in [0.4, 0.5) is 5.13 Å². The van der Waals surface area contributed by atoms with Gasteiger partial charge in [-0.05, 0) is 39.8 Å². The molecule has 0 aliphatic carbocycles. The fourth-order valence-electron chi connectivity index (χ4n) is 2.09. The maximum absolute atomic E-state index is 4.07. The molecule has 90 valence electrons. The zero-order chi connectivity index (χ0) is 11.4. The van der Waals surface area contributed by atoms with Gasteiger partial charge in [0.2, 0.25) is 5.13 Å². The van der Waals surface area contributed by atoms with Crippen molar-refractivity contribution in [3.05, 3.63) is 5.01 Å². The number of nitrogens with zero attached hydrogens (tertiary/aromatic N) is 3. The van der Waals surface area contributed by atoms with Crippen LogP contribution in [0.25, 0.3) is 0 Å². The molecular formula is C11H20N4S. The van der Waals surface area contributed by atoms with E-state index >= 15 is 0 Å². The largest absolute Gasteiger partial charge is 0.359 e. The number of aryl methyl sites for hydroxylation is 1. The number of aromatic nitrogens is 2. The maximum atomic E-state index is 4.07. The minimum absolute atomic E-state index is 0.588. The fraction of sp³-hybridized carbons (Fsp3) is 0.818. The highest BCUT2D eigenvalue weighted by molar-refractivity contribution is 7.15. The Morgan fingerprint density at radius 1 is 1.31 bits per heavy atom. The van der Waals surface area contributed by atoms with E-state index in [1.165, 1.54) is 32.4 Å². The molecule has 2 rings (SSSR count). The molecule has 0 amide bonds. The molecule has 1 aromatic heterocycles. The fourth-order valence-corrected chi connectivity index (χ4v) is 2.69. The second-order valence-electron chi connectivity index (χ2n) is 4.45. The summed E-state index contributed by atoms with van der Waals surface area (Å²) in [7, 11) is 0. The lowest BCUT2D eigenvalue weighted by atomic mass is 10.1. The molecule has 1 aliphatic heterocycles. The number of rotatable bonds is 4. The second-order valence-corrected chi connectivity index (χ2v) is 5.63. The van der Waals surface area contributed by atoms with Crippen LogP contribution in [-0.4, -0.2) is 40.8 Å². The zero-order valence-corrected chi connectivity index (χ0v) is 10.9. The Labute approximate surface area is 101 Å². The van der Waals surface area contributed by atoms with Gasteiger partial charge >= 0.3 is 0 Å². The van der Waals surface area contributed by atoms with Crippen molar-refractivity contribution in [3.63, 3.8) is 0 Å². The third kappa shape index (κ3) is 3.15. The molecule has 0 spiro atoms. The molecule has 5 heteroatoms. The molecule has 0 radical (unpaired) electrons. The van der Waals surface area contributed by atoms with Gasteiger partial charge in [0.25, 0.3) is 0 Å². The molecule has 1 aromatic rings. The Bertz CT molecular complexity index is 320. The van der Waals surface area contributed by atoms with Crippen molar-refractivity contribution < 1.29 is 0 Å². The third-order valence-corrected chi connectivity index (χ3v) is 3.89. The van der Waals surface area contributed by atoms with Crippen LogP contribution in [0, 0.1) is 6.92 Å². The summed E-state index contributed by atoms with van der Waals surface area (Å²) < 4.78 is 0. The molecule has 1 unspecified atom stereocenters. The van der Waals surface area contributed by atoms with E-state index in [9.17, 15) is 0 Å². The molecule has 1 N–H and O–H groups in total. The standard InChI is InChI=1S/C11H20N4S/c1-9(15-6-4-3-5-7-15)8-12-11-14-13-10(2)16-11/h9H,3-8H2,1-2H3,(H,12,14). The number of hydrogen-bond donors (Lipinski definition) is 1. The molecule has 1 saturated heterocycles. The average molecular weight is 240 g/mol. The van der Waals surface area contributed by atoms with Crippen molar-refractivity contribution in [2.75, 3.05) is 25.0 Å². The maximum Gasteiger partial charge on any atom is 0.205 e. The lowest BCUT2D eigenvalue weighted by molar-refractivity contribution is 0.180. The van der Waals surface area contributed by atoms with Crippen molar-refractivity contribution in [1.29, 1.82) is 0 Å². The number of piperidine rings is 1. The zero-order valence-electron chi connectivity index (χ0n) is 10.1. The molecule has 0 aromatic carbocycles. The molecule has 0 saturated carbocycles. The van der Waals surface area contributed by atoms with Crippen LogP contribution >= 0.6 is 11.3 Å². The van der Waals surface area contributed by atoms with Crippen LogP contribution in [0.2, 0.25) is 0 Å². The van der Waals surface area contributed by atoms with Gasteiger partial charge in [-0.1, -0.05) is 17.8 Å². The molecule has 1 fully saturated rings. The first-order valence-corrected chi connectivity index (χ1v) is 6.85. The minimum atomic E-state index is 0.588. The van der Waals surface area contributed by atoms with Gasteiger partial charge in [-0.2, -0.15) is 0 Å². The molecule has 1 atom stereocenters. The van der Waals surface area contributed by atoms with Gasteiger partial charge in [0, 0.05) is 12.6 Å². The summed E-state index contributed by atoms with van der Waals surface area (Å²) in [5.74, 6) is 0. The van der Waals surface area contributed by atoms with Gasteiger partial charge in [0.15, 0.2) is 0 Å². The summed E-state index contributed by atoms with van der Waals surface area (Å²) in [6.45, 7) is 7.73. The molecule has 4 nitrogen and oxygen atoms in total. The first kappa shape index (κ1) is 11.8. The van der Waals surface area contributed by atoms with E-state index in [-0.39, 0.29) is 0 Å². The Morgan fingerprint density at radius 2 is 2.06 bits per heavy atom. The summed E-state index contributed by atoms with van der Waals surface area (Å²) in [6.07, 6.45) is 4.09. The van der Waals surface area contributed by atoms with E-state index in [1.807, 2.05) is 6.92 Å². The van der Waals surface area contributed by atoms with E-state index in [0.29, 0.717) is 6.04 Å². The van der Waals surface area contributed by atoms with Crippen LogP contribution in [0.1, 0.15) is 31.2 Å². The van der Waals surface area contributed by atoms with Crippen LogP contribution < -0.4 is 5.32 Å². The quantitative estimate of drug-likeness (QED) is 0.875. The van der Waals surface area contributed by atoms with Gasteiger partial charge in [-0.15, -0.1) is 10.2 Å². The first-order chi connectivity index (χ1) is 7.75. The normalized spacial score (nSPS) is 19.6.